The summed E-state index contributed by atoms with van der Waals surface area (Å²) in [6.07, 6.45) is 4.96. The molecule has 0 fully saturated rings. The number of amides is 1. The molecule has 0 bridgehead atoms. The van der Waals surface area contributed by atoms with Crippen LogP contribution in [-0.4, -0.2) is 20.9 Å². The van der Waals surface area contributed by atoms with Crippen LogP contribution in [0, 0.1) is 13.8 Å². The van der Waals surface area contributed by atoms with Crippen molar-refractivity contribution in [3.63, 3.8) is 0 Å². The van der Waals surface area contributed by atoms with Gasteiger partial charge in [0.2, 0.25) is 5.91 Å². The molecule has 0 aliphatic rings. The number of rotatable bonds is 7. The molecule has 0 saturated carbocycles. The van der Waals surface area contributed by atoms with E-state index in [1.54, 1.807) is 24.4 Å². The van der Waals surface area contributed by atoms with Crippen LogP contribution < -0.4 is 16.0 Å². The lowest BCUT2D eigenvalue weighted by Crippen LogP contribution is -2.07. The minimum absolute atomic E-state index is 0.220. The van der Waals surface area contributed by atoms with Crippen molar-refractivity contribution in [2.24, 2.45) is 0 Å². The summed E-state index contributed by atoms with van der Waals surface area (Å²) in [7, 11) is 0. The van der Waals surface area contributed by atoms with Gasteiger partial charge in [0.05, 0.1) is 0 Å². The molecule has 34 heavy (non-hydrogen) atoms. The monoisotopic (exact) mass is 470 g/mol. The highest BCUT2D eigenvalue weighted by atomic mass is 35.5. The fourth-order valence-electron chi connectivity index (χ4n) is 3.15. The van der Waals surface area contributed by atoms with Crippen LogP contribution in [0.15, 0.2) is 79.0 Å². The number of hydrogen-bond donors (Lipinski definition) is 3. The zero-order valence-electron chi connectivity index (χ0n) is 18.7. The Balaban J connectivity index is 1.38. The van der Waals surface area contributed by atoms with Gasteiger partial charge in [-0.05, 0) is 79.6 Å². The van der Waals surface area contributed by atoms with E-state index in [1.165, 1.54) is 6.08 Å². The molecule has 0 spiro atoms. The number of hydrogen-bond acceptors (Lipinski definition) is 6. The number of benzene rings is 2. The van der Waals surface area contributed by atoms with Crippen LogP contribution in [-0.2, 0) is 4.79 Å². The molecule has 0 radical (unpaired) electrons. The lowest BCUT2D eigenvalue weighted by atomic mass is 10.2. The number of nitrogens with one attached hydrogen (secondary N) is 3. The van der Waals surface area contributed by atoms with Gasteiger partial charge in [0, 0.05) is 34.7 Å². The van der Waals surface area contributed by atoms with Gasteiger partial charge in [-0.3, -0.25) is 4.79 Å². The first-order valence-corrected chi connectivity index (χ1v) is 11.0. The van der Waals surface area contributed by atoms with Crippen molar-refractivity contribution in [1.29, 1.82) is 0 Å². The first kappa shape index (κ1) is 22.9. The van der Waals surface area contributed by atoms with Crippen molar-refractivity contribution in [1.82, 2.24) is 15.0 Å². The maximum Gasteiger partial charge on any atom is 0.248 e. The summed E-state index contributed by atoms with van der Waals surface area (Å²) < 4.78 is 0. The second kappa shape index (κ2) is 10.6. The van der Waals surface area contributed by atoms with Crippen molar-refractivity contribution < 1.29 is 4.79 Å². The third kappa shape index (κ3) is 6.63. The largest absolute Gasteiger partial charge is 0.340 e. The Morgan fingerprint density at radius 1 is 0.824 bits per heavy atom. The third-order valence-corrected chi connectivity index (χ3v) is 4.98. The van der Waals surface area contributed by atoms with Gasteiger partial charge in [-0.2, -0.15) is 0 Å². The summed E-state index contributed by atoms with van der Waals surface area (Å²) in [6.45, 7) is 3.84. The number of anilines is 5. The second-order valence-corrected chi connectivity index (χ2v) is 8.04. The zero-order valence-corrected chi connectivity index (χ0v) is 19.5. The quantitative estimate of drug-likeness (QED) is 0.275. The van der Waals surface area contributed by atoms with E-state index >= 15 is 0 Å². The van der Waals surface area contributed by atoms with E-state index < -0.39 is 0 Å². The van der Waals surface area contributed by atoms with Gasteiger partial charge in [-0.1, -0.05) is 23.7 Å². The highest BCUT2D eigenvalue weighted by Crippen LogP contribution is 2.21. The third-order valence-electron chi connectivity index (χ3n) is 4.73. The molecule has 2 aromatic heterocycles. The van der Waals surface area contributed by atoms with Crippen molar-refractivity contribution in [3.05, 3.63) is 101 Å². The Morgan fingerprint density at radius 2 is 1.50 bits per heavy atom. The number of carbonyl (C=O) groups is 1. The molecular weight excluding hydrogens is 448 g/mol. The van der Waals surface area contributed by atoms with Crippen LogP contribution in [0.2, 0.25) is 5.02 Å². The highest BCUT2D eigenvalue weighted by Gasteiger charge is 2.05. The molecule has 0 unspecified atom stereocenters. The molecule has 2 heterocycles. The van der Waals surface area contributed by atoms with Crippen LogP contribution in [0.25, 0.3) is 6.08 Å². The summed E-state index contributed by atoms with van der Waals surface area (Å²) in [5.74, 6) is 2.41. The van der Waals surface area contributed by atoms with Gasteiger partial charge >= 0.3 is 0 Å². The summed E-state index contributed by atoms with van der Waals surface area (Å²) in [5, 5.41) is 9.97. The maximum atomic E-state index is 12.2. The Hall–Kier alpha value is -4.23. The smallest absolute Gasteiger partial charge is 0.248 e. The molecule has 0 saturated heterocycles. The van der Waals surface area contributed by atoms with Crippen LogP contribution in [0.3, 0.4) is 0 Å². The average molecular weight is 471 g/mol. The van der Waals surface area contributed by atoms with E-state index in [-0.39, 0.29) is 5.91 Å². The lowest BCUT2D eigenvalue weighted by Gasteiger charge is -2.11. The van der Waals surface area contributed by atoms with Crippen molar-refractivity contribution in [3.8, 4) is 0 Å². The van der Waals surface area contributed by atoms with Crippen LogP contribution in [0.5, 0.6) is 0 Å². The molecule has 4 aromatic rings. The first-order valence-electron chi connectivity index (χ1n) is 10.6. The molecule has 8 heteroatoms. The highest BCUT2D eigenvalue weighted by molar-refractivity contribution is 6.30. The minimum atomic E-state index is -0.220. The first-order chi connectivity index (χ1) is 16.4. The lowest BCUT2D eigenvalue weighted by molar-refractivity contribution is -0.111. The molecule has 0 aliphatic carbocycles. The molecule has 0 atom stereocenters. The SMILES string of the molecule is Cc1ccnc(Nc2cc(Nc3ccc(NC(=O)/C=C/c4ccc(Cl)cc4)cc3)nc(C)n2)c1. The maximum absolute atomic E-state index is 12.2. The van der Waals surface area contributed by atoms with Crippen molar-refractivity contribution >= 4 is 52.4 Å². The van der Waals surface area contributed by atoms with Gasteiger partial charge in [0.15, 0.2) is 0 Å². The number of nitrogens with zero attached hydrogens (tertiary/aromatic N) is 3. The fourth-order valence-corrected chi connectivity index (χ4v) is 3.27. The Kier molecular flexibility index (Phi) is 7.15. The molecule has 7 nitrogen and oxygen atoms in total. The number of carbonyl (C=O) groups excluding carboxylic acids is 1. The van der Waals surface area contributed by atoms with Gasteiger partial charge < -0.3 is 16.0 Å². The molecule has 0 aliphatic heterocycles. The number of pyridine rings is 1. The molecule has 2 aromatic carbocycles. The topological polar surface area (TPSA) is 91.8 Å². The van der Waals surface area contributed by atoms with Crippen LogP contribution >= 0.6 is 11.6 Å². The standard InChI is InChI=1S/C26H23ClN6O/c1-17-13-14-28-23(15-17)33-25-16-24(29-18(2)30-25)31-21-8-10-22(11-9-21)32-26(34)12-5-19-3-6-20(27)7-4-19/h3-16H,1-2H3,(H,32,34)(H2,28,29,30,31,33)/b12-5+. The number of halogens is 1. The van der Waals surface area contributed by atoms with Gasteiger partial charge in [-0.15, -0.1) is 0 Å². The fraction of sp³-hybridized carbons (Fsp3) is 0.0769. The van der Waals surface area contributed by atoms with Gasteiger partial charge in [0.25, 0.3) is 0 Å². The van der Waals surface area contributed by atoms with Gasteiger partial charge in [-0.25, -0.2) is 15.0 Å². The van der Waals surface area contributed by atoms with Crippen LogP contribution in [0.1, 0.15) is 17.0 Å². The summed E-state index contributed by atoms with van der Waals surface area (Å²) in [6, 6.07) is 20.3. The Labute approximate surface area is 203 Å². The number of aryl methyl sites for hydroxylation is 2. The Morgan fingerprint density at radius 3 is 2.21 bits per heavy atom. The van der Waals surface area contributed by atoms with E-state index in [2.05, 4.69) is 30.9 Å². The van der Waals surface area contributed by atoms with Crippen molar-refractivity contribution in [2.75, 3.05) is 16.0 Å². The molecule has 4 rings (SSSR count). The van der Waals surface area contributed by atoms with Gasteiger partial charge in [0.1, 0.15) is 23.3 Å². The average Bonchev–Trinajstić information content (AvgIpc) is 2.80. The van der Waals surface area contributed by atoms with E-state index in [9.17, 15) is 4.79 Å². The normalized spacial score (nSPS) is 10.8. The predicted octanol–water partition coefficient (Wildman–Crippen LogP) is 6.28. The van der Waals surface area contributed by atoms with Crippen LogP contribution in [0.4, 0.5) is 28.8 Å². The second-order valence-electron chi connectivity index (χ2n) is 7.61. The number of aromatic nitrogens is 3. The Bertz CT molecular complexity index is 1320. The summed E-state index contributed by atoms with van der Waals surface area (Å²) in [4.78, 5) is 25.4. The van der Waals surface area contributed by atoms with Crippen molar-refractivity contribution in [2.45, 2.75) is 13.8 Å². The summed E-state index contributed by atoms with van der Waals surface area (Å²) in [5.41, 5.74) is 3.51. The molecule has 1 amide bonds. The zero-order chi connectivity index (χ0) is 23.9. The minimum Gasteiger partial charge on any atom is -0.340 e. The molecule has 3 N–H and O–H groups in total. The van der Waals surface area contributed by atoms with E-state index in [0.29, 0.717) is 34.0 Å². The van der Waals surface area contributed by atoms with E-state index in [4.69, 9.17) is 11.6 Å². The van der Waals surface area contributed by atoms with E-state index in [1.807, 2.05) is 68.4 Å². The summed E-state index contributed by atoms with van der Waals surface area (Å²) >= 11 is 5.88. The molecular formula is C26H23ClN6O. The molecule has 170 valence electrons. The van der Waals surface area contributed by atoms with E-state index in [0.717, 1.165) is 16.8 Å². The predicted molar refractivity (Wildman–Crippen MR) is 138 cm³/mol.